The first kappa shape index (κ1) is 22.2. The molecule has 0 fully saturated rings. The zero-order valence-electron chi connectivity index (χ0n) is 18.6. The summed E-state index contributed by atoms with van der Waals surface area (Å²) in [6, 6.07) is 20.1. The van der Waals surface area contributed by atoms with Crippen molar-refractivity contribution in [2.75, 3.05) is 11.1 Å². The lowest BCUT2D eigenvalue weighted by molar-refractivity contribution is -0.113. The molecule has 0 atom stereocenters. The van der Waals surface area contributed by atoms with Gasteiger partial charge in [-0.05, 0) is 18.6 Å². The fraction of sp³-hybridized carbons (Fsp3) is 0.167. The number of amides is 1. The van der Waals surface area contributed by atoms with Crippen molar-refractivity contribution >= 4 is 45.0 Å². The van der Waals surface area contributed by atoms with Crippen LogP contribution in [-0.4, -0.2) is 41.6 Å². The summed E-state index contributed by atoms with van der Waals surface area (Å²) in [6.45, 7) is 2.00. The molecule has 0 saturated carbocycles. The lowest BCUT2D eigenvalue weighted by atomic mass is 10.0. The van der Waals surface area contributed by atoms with E-state index in [0.29, 0.717) is 10.3 Å². The summed E-state index contributed by atoms with van der Waals surface area (Å²) in [5, 5.41) is 22.7. The van der Waals surface area contributed by atoms with Gasteiger partial charge in [0, 0.05) is 23.6 Å². The molecule has 0 aliphatic carbocycles. The number of fused-ring (bicyclic) bond motifs is 1. The van der Waals surface area contributed by atoms with Crippen LogP contribution in [0, 0.1) is 0 Å². The van der Waals surface area contributed by atoms with Gasteiger partial charge < -0.3 is 4.57 Å². The molecule has 170 valence electrons. The number of pyridine rings is 1. The Morgan fingerprint density at radius 3 is 2.62 bits per heavy atom. The van der Waals surface area contributed by atoms with E-state index in [-0.39, 0.29) is 11.7 Å². The predicted molar refractivity (Wildman–Crippen MR) is 136 cm³/mol. The Hall–Kier alpha value is -3.63. The molecule has 8 nitrogen and oxygen atoms in total. The van der Waals surface area contributed by atoms with Crippen molar-refractivity contribution in [1.82, 2.24) is 29.9 Å². The van der Waals surface area contributed by atoms with Crippen molar-refractivity contribution < 1.29 is 4.79 Å². The number of rotatable bonds is 7. The van der Waals surface area contributed by atoms with Gasteiger partial charge >= 0.3 is 0 Å². The highest BCUT2D eigenvalue weighted by atomic mass is 32.2. The molecular weight excluding hydrogens is 466 g/mol. The molecule has 1 amide bonds. The summed E-state index contributed by atoms with van der Waals surface area (Å²) >= 11 is 2.71. The largest absolute Gasteiger partial charge is 0.305 e. The zero-order valence-corrected chi connectivity index (χ0v) is 20.2. The van der Waals surface area contributed by atoms with Crippen LogP contribution < -0.4 is 5.32 Å². The maximum Gasteiger partial charge on any atom is 0.236 e. The summed E-state index contributed by atoms with van der Waals surface area (Å²) in [5.74, 6) is 0.754. The molecule has 5 rings (SSSR count). The van der Waals surface area contributed by atoms with E-state index in [1.54, 1.807) is 0 Å². The van der Waals surface area contributed by atoms with Gasteiger partial charge in [-0.1, -0.05) is 78.6 Å². The molecule has 5 aromatic rings. The molecule has 0 aliphatic rings. The Morgan fingerprint density at radius 1 is 1.03 bits per heavy atom. The lowest BCUT2D eigenvalue weighted by Gasteiger charge is -2.10. The van der Waals surface area contributed by atoms with Gasteiger partial charge in [-0.3, -0.25) is 10.1 Å². The Labute approximate surface area is 204 Å². The number of nitrogens with one attached hydrogen (secondary N) is 1. The SMILES string of the molecule is CCc1nnc(NC(=O)CSc2nnc(-c3cc(-c4ccccc4)nc4ccccc34)n2C)s1. The maximum atomic E-state index is 12.4. The van der Waals surface area contributed by atoms with E-state index in [4.69, 9.17) is 4.98 Å². The molecular formula is C24H21N7OS2. The Balaban J connectivity index is 1.41. The lowest BCUT2D eigenvalue weighted by Crippen LogP contribution is -2.14. The normalized spacial score (nSPS) is 11.1. The third-order valence-electron chi connectivity index (χ3n) is 5.21. The van der Waals surface area contributed by atoms with Crippen LogP contribution in [0.25, 0.3) is 33.5 Å². The standard InChI is InChI=1S/C24H21N7OS2/c1-3-21-27-29-23(34-21)26-20(32)14-33-24-30-28-22(31(24)2)17-13-19(15-9-5-4-6-10-15)25-18-12-8-7-11-16(17)18/h4-13H,3,14H2,1-2H3,(H,26,29,32). The van der Waals surface area contributed by atoms with Crippen LogP contribution in [-0.2, 0) is 18.3 Å². The molecule has 2 aromatic carbocycles. The molecule has 0 aliphatic heterocycles. The zero-order chi connectivity index (χ0) is 23.5. The molecule has 0 unspecified atom stereocenters. The number of thioether (sulfide) groups is 1. The average Bonchev–Trinajstić information content (AvgIpc) is 3.48. The Bertz CT molecular complexity index is 1460. The minimum atomic E-state index is -0.158. The molecule has 0 spiro atoms. The number of carbonyl (C=O) groups is 1. The number of aryl methyl sites for hydroxylation is 1. The van der Waals surface area contributed by atoms with Gasteiger partial charge in [0.2, 0.25) is 11.0 Å². The monoisotopic (exact) mass is 487 g/mol. The number of hydrogen-bond donors (Lipinski definition) is 1. The van der Waals surface area contributed by atoms with E-state index in [0.717, 1.165) is 45.0 Å². The van der Waals surface area contributed by atoms with Crippen molar-refractivity contribution in [2.45, 2.75) is 18.5 Å². The fourth-order valence-electron chi connectivity index (χ4n) is 3.52. The minimum Gasteiger partial charge on any atom is -0.305 e. The van der Waals surface area contributed by atoms with Gasteiger partial charge in [-0.2, -0.15) is 0 Å². The Kier molecular flexibility index (Phi) is 6.33. The van der Waals surface area contributed by atoms with Gasteiger partial charge in [-0.15, -0.1) is 20.4 Å². The van der Waals surface area contributed by atoms with E-state index in [9.17, 15) is 4.79 Å². The van der Waals surface area contributed by atoms with Crippen molar-refractivity contribution in [1.29, 1.82) is 0 Å². The maximum absolute atomic E-state index is 12.4. The first-order valence-corrected chi connectivity index (χ1v) is 12.5. The number of anilines is 1. The van der Waals surface area contributed by atoms with E-state index in [2.05, 4.69) is 25.7 Å². The summed E-state index contributed by atoms with van der Waals surface area (Å²) < 4.78 is 1.91. The number of hydrogen-bond acceptors (Lipinski definition) is 8. The van der Waals surface area contributed by atoms with Crippen LogP contribution in [0.2, 0.25) is 0 Å². The quantitative estimate of drug-likeness (QED) is 0.328. The van der Waals surface area contributed by atoms with Gasteiger partial charge in [0.1, 0.15) is 5.01 Å². The smallest absolute Gasteiger partial charge is 0.236 e. The highest BCUT2D eigenvalue weighted by molar-refractivity contribution is 7.99. The Morgan fingerprint density at radius 2 is 1.82 bits per heavy atom. The molecule has 1 N–H and O–H groups in total. The number of carbonyl (C=O) groups excluding carboxylic acids is 1. The number of nitrogens with zero attached hydrogens (tertiary/aromatic N) is 6. The second kappa shape index (κ2) is 9.70. The second-order valence-electron chi connectivity index (χ2n) is 7.49. The van der Waals surface area contributed by atoms with E-state index >= 15 is 0 Å². The molecule has 10 heteroatoms. The van der Waals surface area contributed by atoms with Gasteiger partial charge in [0.25, 0.3) is 0 Å². The number of aromatic nitrogens is 6. The van der Waals surface area contributed by atoms with Gasteiger partial charge in [0.15, 0.2) is 11.0 Å². The second-order valence-corrected chi connectivity index (χ2v) is 9.50. The van der Waals surface area contributed by atoms with Crippen molar-refractivity contribution in [3.63, 3.8) is 0 Å². The molecule has 0 bridgehead atoms. The first-order chi connectivity index (χ1) is 16.6. The summed E-state index contributed by atoms with van der Waals surface area (Å²) in [6.07, 6.45) is 0.791. The van der Waals surface area contributed by atoms with Crippen LogP contribution in [0.3, 0.4) is 0 Å². The van der Waals surface area contributed by atoms with Crippen molar-refractivity contribution in [3.05, 3.63) is 65.7 Å². The van der Waals surface area contributed by atoms with Gasteiger partial charge in [0.05, 0.1) is 17.0 Å². The van der Waals surface area contributed by atoms with E-state index in [1.165, 1.54) is 23.1 Å². The number of para-hydroxylation sites is 1. The average molecular weight is 488 g/mol. The molecule has 34 heavy (non-hydrogen) atoms. The summed E-state index contributed by atoms with van der Waals surface area (Å²) in [7, 11) is 1.91. The topological polar surface area (TPSA) is 98.5 Å². The van der Waals surface area contributed by atoms with Crippen molar-refractivity contribution in [3.8, 4) is 22.6 Å². The van der Waals surface area contributed by atoms with Crippen LogP contribution >= 0.6 is 23.1 Å². The van der Waals surface area contributed by atoms with E-state index in [1.807, 2.05) is 79.2 Å². The molecule has 3 heterocycles. The minimum absolute atomic E-state index is 0.158. The number of benzene rings is 2. The molecule has 3 aromatic heterocycles. The predicted octanol–water partition coefficient (Wildman–Crippen LogP) is 4.84. The van der Waals surface area contributed by atoms with Crippen LogP contribution in [0.4, 0.5) is 5.13 Å². The summed E-state index contributed by atoms with van der Waals surface area (Å²) in [4.78, 5) is 17.2. The van der Waals surface area contributed by atoms with Crippen LogP contribution in [0.1, 0.15) is 11.9 Å². The fourth-order valence-corrected chi connectivity index (χ4v) is 4.93. The van der Waals surface area contributed by atoms with E-state index < -0.39 is 0 Å². The van der Waals surface area contributed by atoms with Crippen molar-refractivity contribution in [2.24, 2.45) is 7.05 Å². The van der Waals surface area contributed by atoms with Crippen LogP contribution in [0.15, 0.2) is 65.8 Å². The third-order valence-corrected chi connectivity index (χ3v) is 7.21. The highest BCUT2D eigenvalue weighted by Crippen LogP contribution is 2.32. The van der Waals surface area contributed by atoms with Crippen LogP contribution in [0.5, 0.6) is 0 Å². The molecule has 0 radical (unpaired) electrons. The highest BCUT2D eigenvalue weighted by Gasteiger charge is 2.17. The summed E-state index contributed by atoms with van der Waals surface area (Å²) in [5.41, 5.74) is 3.73. The molecule has 0 saturated heterocycles. The first-order valence-electron chi connectivity index (χ1n) is 10.7. The van der Waals surface area contributed by atoms with Gasteiger partial charge in [-0.25, -0.2) is 4.98 Å². The third kappa shape index (κ3) is 4.55.